The molecule has 2 fully saturated rings. The maximum atomic E-state index is 13.2. The van der Waals surface area contributed by atoms with E-state index in [9.17, 15) is 19.5 Å². The van der Waals surface area contributed by atoms with E-state index in [4.69, 9.17) is 9.47 Å². The summed E-state index contributed by atoms with van der Waals surface area (Å²) in [7, 11) is 0. The molecule has 0 bridgehead atoms. The third-order valence-corrected chi connectivity index (χ3v) is 7.28. The monoisotopic (exact) mass is 478 g/mol. The van der Waals surface area contributed by atoms with Crippen LogP contribution in [0.2, 0.25) is 0 Å². The summed E-state index contributed by atoms with van der Waals surface area (Å²) >= 11 is 0. The van der Waals surface area contributed by atoms with Crippen molar-refractivity contribution < 1.29 is 29.0 Å². The molecule has 0 spiro atoms. The van der Waals surface area contributed by atoms with Gasteiger partial charge in [0.25, 0.3) is 5.91 Å². The van der Waals surface area contributed by atoms with Crippen molar-refractivity contribution in [3.05, 3.63) is 59.7 Å². The van der Waals surface area contributed by atoms with Crippen LogP contribution in [0.4, 0.5) is 4.79 Å². The van der Waals surface area contributed by atoms with Crippen molar-refractivity contribution in [1.29, 1.82) is 0 Å². The van der Waals surface area contributed by atoms with Crippen molar-refractivity contribution in [2.24, 2.45) is 5.92 Å². The van der Waals surface area contributed by atoms with Crippen LogP contribution >= 0.6 is 0 Å². The van der Waals surface area contributed by atoms with Gasteiger partial charge in [-0.05, 0) is 48.4 Å². The van der Waals surface area contributed by atoms with E-state index in [0.717, 1.165) is 35.1 Å². The number of amides is 2. The molecule has 3 aliphatic rings. The molecule has 1 aliphatic heterocycles. The lowest BCUT2D eigenvalue weighted by molar-refractivity contribution is -0.155. The number of alkyl carbamates (subject to hydrolysis) is 1. The Balaban J connectivity index is 1.18. The van der Waals surface area contributed by atoms with Gasteiger partial charge in [-0.1, -0.05) is 48.5 Å². The minimum absolute atomic E-state index is 0.0260. The second kappa shape index (κ2) is 9.70. The maximum absolute atomic E-state index is 13.2. The molecule has 8 nitrogen and oxygen atoms in total. The van der Waals surface area contributed by atoms with Gasteiger partial charge in [-0.2, -0.15) is 0 Å². The molecule has 1 saturated heterocycles. The van der Waals surface area contributed by atoms with Crippen molar-refractivity contribution in [2.75, 3.05) is 19.8 Å². The molecule has 5 rings (SSSR count). The number of benzene rings is 2. The quantitative estimate of drug-likeness (QED) is 0.603. The summed E-state index contributed by atoms with van der Waals surface area (Å²) in [4.78, 5) is 38.7. The Hall–Kier alpha value is -3.39. The van der Waals surface area contributed by atoms with Gasteiger partial charge >= 0.3 is 12.1 Å². The smallest absolute Gasteiger partial charge is 0.407 e. The van der Waals surface area contributed by atoms with Crippen LogP contribution < -0.4 is 5.32 Å². The zero-order valence-corrected chi connectivity index (χ0v) is 19.7. The number of hydrogen-bond donors (Lipinski definition) is 2. The first kappa shape index (κ1) is 23.4. The van der Waals surface area contributed by atoms with Crippen LogP contribution in [0.15, 0.2) is 48.5 Å². The van der Waals surface area contributed by atoms with Gasteiger partial charge in [0.05, 0.1) is 0 Å². The first-order valence-electron chi connectivity index (χ1n) is 12.2. The van der Waals surface area contributed by atoms with Gasteiger partial charge in [0.2, 0.25) is 0 Å². The molecule has 2 aromatic carbocycles. The van der Waals surface area contributed by atoms with E-state index in [-0.39, 0.29) is 36.9 Å². The fraction of sp³-hybridized carbons (Fsp3) is 0.444. The van der Waals surface area contributed by atoms with Gasteiger partial charge in [-0.25, -0.2) is 9.59 Å². The Morgan fingerprint density at radius 1 is 1.06 bits per heavy atom. The molecule has 0 aromatic heterocycles. The van der Waals surface area contributed by atoms with Gasteiger partial charge in [-0.15, -0.1) is 0 Å². The van der Waals surface area contributed by atoms with Crippen molar-refractivity contribution >= 4 is 18.0 Å². The average Bonchev–Trinajstić information content (AvgIpc) is 3.48. The molecular formula is C27H30N2O6. The van der Waals surface area contributed by atoms with Gasteiger partial charge in [0.1, 0.15) is 18.8 Å². The van der Waals surface area contributed by atoms with Crippen molar-refractivity contribution in [1.82, 2.24) is 10.2 Å². The highest BCUT2D eigenvalue weighted by atomic mass is 16.5. The van der Waals surface area contributed by atoms with Crippen molar-refractivity contribution in [3.8, 4) is 11.1 Å². The second-order valence-corrected chi connectivity index (χ2v) is 9.54. The summed E-state index contributed by atoms with van der Waals surface area (Å²) in [6, 6.07) is 15.3. The van der Waals surface area contributed by atoms with Crippen molar-refractivity contribution in [3.63, 3.8) is 0 Å². The van der Waals surface area contributed by atoms with Crippen molar-refractivity contribution in [2.45, 2.75) is 50.3 Å². The molecular weight excluding hydrogens is 448 g/mol. The molecule has 2 aromatic rings. The summed E-state index contributed by atoms with van der Waals surface area (Å²) in [6.45, 7) is 2.37. The third kappa shape index (κ3) is 4.62. The number of nitrogens with zero attached hydrogens (tertiary/aromatic N) is 1. The number of carboxylic acids is 1. The van der Waals surface area contributed by atoms with E-state index in [0.29, 0.717) is 13.0 Å². The highest BCUT2D eigenvalue weighted by Gasteiger charge is 2.45. The van der Waals surface area contributed by atoms with Crippen LogP contribution in [0.1, 0.15) is 43.2 Å². The number of carbonyl (C=O) groups is 3. The fourth-order valence-electron chi connectivity index (χ4n) is 5.29. The minimum Gasteiger partial charge on any atom is -0.480 e. The topological polar surface area (TPSA) is 105 Å². The Morgan fingerprint density at radius 3 is 2.29 bits per heavy atom. The number of fused-ring (bicyclic) bond motifs is 3. The van der Waals surface area contributed by atoms with Gasteiger partial charge in [-0.3, -0.25) is 4.79 Å². The van der Waals surface area contributed by atoms with E-state index in [1.54, 1.807) is 0 Å². The number of carboxylic acid groups (broad SMARTS) is 1. The van der Waals surface area contributed by atoms with E-state index in [2.05, 4.69) is 29.6 Å². The first-order chi connectivity index (χ1) is 17.0. The molecule has 2 amide bonds. The first-order valence-corrected chi connectivity index (χ1v) is 12.2. The summed E-state index contributed by atoms with van der Waals surface area (Å²) in [5.41, 5.74) is 4.61. The predicted molar refractivity (Wildman–Crippen MR) is 128 cm³/mol. The Morgan fingerprint density at radius 2 is 1.69 bits per heavy atom. The molecule has 2 N–H and O–H groups in total. The van der Waals surface area contributed by atoms with E-state index >= 15 is 0 Å². The molecule has 8 heteroatoms. The van der Waals surface area contributed by atoms with Gasteiger partial charge in [0.15, 0.2) is 0 Å². The lowest BCUT2D eigenvalue weighted by atomic mass is 9.98. The van der Waals surface area contributed by atoms with E-state index < -0.39 is 24.2 Å². The second-order valence-electron chi connectivity index (χ2n) is 9.54. The molecule has 1 unspecified atom stereocenters. The van der Waals surface area contributed by atoms with E-state index in [1.165, 1.54) is 11.8 Å². The summed E-state index contributed by atoms with van der Waals surface area (Å²) < 4.78 is 11.3. The van der Waals surface area contributed by atoms with E-state index in [1.807, 2.05) is 24.3 Å². The maximum Gasteiger partial charge on any atom is 0.407 e. The molecule has 3 atom stereocenters. The highest BCUT2D eigenvalue weighted by Crippen LogP contribution is 2.44. The number of nitrogens with one attached hydrogen (secondary N) is 1. The predicted octanol–water partition coefficient (Wildman–Crippen LogP) is 3.39. The van der Waals surface area contributed by atoms with Crippen LogP contribution in [-0.2, 0) is 19.1 Å². The molecule has 35 heavy (non-hydrogen) atoms. The molecule has 1 heterocycles. The fourth-order valence-corrected chi connectivity index (χ4v) is 5.29. The number of hydrogen-bond acceptors (Lipinski definition) is 5. The number of carbonyl (C=O) groups excluding carboxylic acids is 2. The minimum atomic E-state index is -1.03. The molecule has 1 saturated carbocycles. The van der Waals surface area contributed by atoms with Crippen LogP contribution in [-0.4, -0.2) is 65.9 Å². The molecule has 0 radical (unpaired) electrons. The Labute approximate surface area is 204 Å². The Kier molecular flexibility index (Phi) is 6.47. The van der Waals surface area contributed by atoms with Gasteiger partial charge in [0, 0.05) is 31.0 Å². The SMILES string of the molecule is CC(C(=O)O)N(C(=O)[C@@H]1OCC[C@@H]1CNC(=O)OCC1c2ccccc2-c2ccccc21)C1CC1. The lowest BCUT2D eigenvalue weighted by Gasteiger charge is -2.30. The Bertz CT molecular complexity index is 1080. The lowest BCUT2D eigenvalue weighted by Crippen LogP contribution is -2.51. The standard InChI is InChI=1S/C27H30N2O6/c1-16(26(31)32)29(18-10-11-18)25(30)24-17(12-13-34-24)14-28-27(33)35-15-23-21-8-4-2-6-19(21)20-7-3-5-9-22(20)23/h2-9,16-18,23-24H,10-15H2,1H3,(H,28,33)(H,31,32)/t16?,17-,24-/m1/s1. The highest BCUT2D eigenvalue weighted by molar-refractivity contribution is 5.87. The number of rotatable bonds is 8. The molecule has 184 valence electrons. The van der Waals surface area contributed by atoms with Crippen LogP contribution in [0.25, 0.3) is 11.1 Å². The van der Waals surface area contributed by atoms with Crippen LogP contribution in [0.5, 0.6) is 0 Å². The normalized spacial score (nSPS) is 21.6. The molecule has 2 aliphatic carbocycles. The zero-order valence-electron chi connectivity index (χ0n) is 19.7. The zero-order chi connectivity index (χ0) is 24.5. The average molecular weight is 479 g/mol. The number of aliphatic carboxylic acids is 1. The van der Waals surface area contributed by atoms with Gasteiger partial charge < -0.3 is 24.8 Å². The third-order valence-electron chi connectivity index (χ3n) is 7.28. The summed E-state index contributed by atoms with van der Waals surface area (Å²) in [6.07, 6.45) is 0.923. The summed E-state index contributed by atoms with van der Waals surface area (Å²) in [5, 5.41) is 12.2. The number of ether oxygens (including phenoxy) is 2. The van der Waals surface area contributed by atoms with Crippen LogP contribution in [0.3, 0.4) is 0 Å². The summed E-state index contributed by atoms with van der Waals surface area (Å²) in [5.74, 6) is -1.59. The van der Waals surface area contributed by atoms with Crippen LogP contribution in [0, 0.1) is 5.92 Å². The largest absolute Gasteiger partial charge is 0.480 e.